The molecular formula is C16H21N3O. The summed E-state index contributed by atoms with van der Waals surface area (Å²) in [4.78, 5) is 9.39. The predicted octanol–water partition coefficient (Wildman–Crippen LogP) is 3.27. The smallest absolute Gasteiger partial charge is 0.160 e. The molecule has 106 valence electrons. The van der Waals surface area contributed by atoms with E-state index < -0.39 is 0 Å². The van der Waals surface area contributed by atoms with Crippen molar-refractivity contribution in [2.24, 2.45) is 0 Å². The van der Waals surface area contributed by atoms with Gasteiger partial charge in [0.2, 0.25) is 0 Å². The van der Waals surface area contributed by atoms with Crippen molar-refractivity contribution in [3.63, 3.8) is 0 Å². The van der Waals surface area contributed by atoms with Crippen molar-refractivity contribution in [2.75, 3.05) is 6.61 Å². The second-order valence-electron chi connectivity index (χ2n) is 6.02. The van der Waals surface area contributed by atoms with Gasteiger partial charge in [-0.05, 0) is 50.7 Å². The van der Waals surface area contributed by atoms with Crippen LogP contribution in [0.2, 0.25) is 0 Å². The number of imidazole rings is 1. The van der Waals surface area contributed by atoms with Crippen LogP contribution in [0.1, 0.15) is 50.4 Å². The number of hydrogen-bond donors (Lipinski definition) is 0. The van der Waals surface area contributed by atoms with Crippen molar-refractivity contribution in [3.05, 3.63) is 24.2 Å². The first-order valence-electron chi connectivity index (χ1n) is 7.85. The molecule has 0 amide bonds. The van der Waals surface area contributed by atoms with Crippen LogP contribution in [0.25, 0.3) is 11.2 Å². The van der Waals surface area contributed by atoms with E-state index in [1.807, 2.05) is 12.3 Å². The normalized spacial score (nSPS) is 23.9. The zero-order chi connectivity index (χ0) is 13.4. The summed E-state index contributed by atoms with van der Waals surface area (Å²) < 4.78 is 8.28. The molecule has 20 heavy (non-hydrogen) atoms. The zero-order valence-corrected chi connectivity index (χ0v) is 11.8. The van der Waals surface area contributed by atoms with Crippen LogP contribution in [-0.4, -0.2) is 27.2 Å². The number of fused-ring (bicyclic) bond motifs is 1. The minimum atomic E-state index is 0.347. The van der Waals surface area contributed by atoms with Gasteiger partial charge >= 0.3 is 0 Å². The van der Waals surface area contributed by atoms with E-state index in [4.69, 9.17) is 9.72 Å². The van der Waals surface area contributed by atoms with Gasteiger partial charge in [-0.15, -0.1) is 0 Å². The van der Waals surface area contributed by atoms with Crippen LogP contribution < -0.4 is 0 Å². The van der Waals surface area contributed by atoms with Crippen LogP contribution in [0.15, 0.2) is 18.3 Å². The summed E-state index contributed by atoms with van der Waals surface area (Å²) in [6.45, 7) is 0.909. The van der Waals surface area contributed by atoms with Gasteiger partial charge in [0, 0.05) is 25.3 Å². The van der Waals surface area contributed by atoms with Crippen LogP contribution in [0, 0.1) is 0 Å². The molecule has 1 aliphatic carbocycles. The van der Waals surface area contributed by atoms with E-state index in [1.165, 1.54) is 44.3 Å². The van der Waals surface area contributed by atoms with Gasteiger partial charge in [-0.2, -0.15) is 0 Å². The van der Waals surface area contributed by atoms with E-state index in [-0.39, 0.29) is 0 Å². The lowest BCUT2D eigenvalue weighted by atomic mass is 9.92. The summed E-state index contributed by atoms with van der Waals surface area (Å²) in [6.07, 6.45) is 10.7. The SMILES string of the molecule is c1cnc2c(c1)nc(CC1CCCCO1)n2C1CCC1. The van der Waals surface area contributed by atoms with Gasteiger partial charge in [-0.3, -0.25) is 0 Å². The molecule has 2 aliphatic rings. The lowest BCUT2D eigenvalue weighted by molar-refractivity contribution is 0.0148. The molecular weight excluding hydrogens is 250 g/mol. The number of aromatic nitrogens is 3. The Morgan fingerprint density at radius 3 is 2.90 bits per heavy atom. The highest BCUT2D eigenvalue weighted by molar-refractivity contribution is 5.71. The molecule has 0 aromatic carbocycles. The third-order valence-electron chi connectivity index (χ3n) is 4.65. The molecule has 4 nitrogen and oxygen atoms in total. The van der Waals surface area contributed by atoms with Crippen molar-refractivity contribution in [3.8, 4) is 0 Å². The van der Waals surface area contributed by atoms with Gasteiger partial charge in [-0.25, -0.2) is 9.97 Å². The fraction of sp³-hybridized carbons (Fsp3) is 0.625. The minimum Gasteiger partial charge on any atom is -0.378 e. The van der Waals surface area contributed by atoms with Crippen molar-refractivity contribution >= 4 is 11.2 Å². The van der Waals surface area contributed by atoms with Crippen LogP contribution in [0.5, 0.6) is 0 Å². The highest BCUT2D eigenvalue weighted by Gasteiger charge is 2.27. The zero-order valence-electron chi connectivity index (χ0n) is 11.8. The quantitative estimate of drug-likeness (QED) is 0.860. The molecule has 0 N–H and O–H groups in total. The van der Waals surface area contributed by atoms with Crippen LogP contribution in [0.3, 0.4) is 0 Å². The Labute approximate surface area is 119 Å². The number of hydrogen-bond acceptors (Lipinski definition) is 3. The molecule has 2 fully saturated rings. The summed E-state index contributed by atoms with van der Waals surface area (Å²) >= 11 is 0. The van der Waals surface area contributed by atoms with Gasteiger partial charge in [0.25, 0.3) is 0 Å². The summed E-state index contributed by atoms with van der Waals surface area (Å²) in [6, 6.07) is 4.65. The summed E-state index contributed by atoms with van der Waals surface area (Å²) in [5.74, 6) is 1.18. The first-order valence-corrected chi connectivity index (χ1v) is 7.85. The lowest BCUT2D eigenvalue weighted by Gasteiger charge is -2.30. The summed E-state index contributed by atoms with van der Waals surface area (Å²) in [7, 11) is 0. The molecule has 0 spiro atoms. The summed E-state index contributed by atoms with van der Waals surface area (Å²) in [5, 5.41) is 0. The molecule has 1 unspecified atom stereocenters. The second kappa shape index (κ2) is 5.17. The fourth-order valence-corrected chi connectivity index (χ4v) is 3.32. The Balaban J connectivity index is 1.69. The van der Waals surface area contributed by atoms with Crippen LogP contribution in [0.4, 0.5) is 0 Å². The molecule has 2 aromatic rings. The van der Waals surface area contributed by atoms with E-state index in [2.05, 4.69) is 15.6 Å². The van der Waals surface area contributed by atoms with E-state index in [0.29, 0.717) is 12.1 Å². The average Bonchev–Trinajstić information content (AvgIpc) is 2.77. The third-order valence-corrected chi connectivity index (χ3v) is 4.65. The van der Waals surface area contributed by atoms with E-state index in [0.717, 1.165) is 24.2 Å². The van der Waals surface area contributed by atoms with E-state index in [9.17, 15) is 0 Å². The number of rotatable bonds is 3. The second-order valence-corrected chi connectivity index (χ2v) is 6.02. The first kappa shape index (κ1) is 12.3. The number of pyridine rings is 1. The fourth-order valence-electron chi connectivity index (χ4n) is 3.32. The van der Waals surface area contributed by atoms with E-state index >= 15 is 0 Å². The maximum atomic E-state index is 5.89. The highest BCUT2D eigenvalue weighted by Crippen LogP contribution is 2.35. The predicted molar refractivity (Wildman–Crippen MR) is 77.7 cm³/mol. The van der Waals surface area contributed by atoms with Crippen LogP contribution >= 0.6 is 0 Å². The van der Waals surface area contributed by atoms with Crippen molar-refractivity contribution in [2.45, 2.75) is 57.1 Å². The molecule has 4 rings (SSSR count). The molecule has 4 heteroatoms. The first-order chi connectivity index (χ1) is 9.92. The van der Waals surface area contributed by atoms with Crippen molar-refractivity contribution < 1.29 is 4.74 Å². The molecule has 1 saturated heterocycles. The number of nitrogens with zero attached hydrogens (tertiary/aromatic N) is 3. The monoisotopic (exact) mass is 271 g/mol. The highest BCUT2D eigenvalue weighted by atomic mass is 16.5. The molecule has 0 bridgehead atoms. The Hall–Kier alpha value is -1.42. The van der Waals surface area contributed by atoms with Gasteiger partial charge in [0.15, 0.2) is 5.65 Å². The molecule has 0 radical (unpaired) electrons. The number of ether oxygens (including phenoxy) is 1. The molecule has 3 heterocycles. The van der Waals surface area contributed by atoms with Gasteiger partial charge in [0.1, 0.15) is 11.3 Å². The molecule has 1 aliphatic heterocycles. The van der Waals surface area contributed by atoms with Gasteiger partial charge < -0.3 is 9.30 Å². The largest absolute Gasteiger partial charge is 0.378 e. The molecule has 1 saturated carbocycles. The average molecular weight is 271 g/mol. The maximum Gasteiger partial charge on any atom is 0.160 e. The summed E-state index contributed by atoms with van der Waals surface area (Å²) in [5.41, 5.74) is 2.09. The Kier molecular flexibility index (Phi) is 3.19. The van der Waals surface area contributed by atoms with Gasteiger partial charge in [0.05, 0.1) is 6.10 Å². The Morgan fingerprint density at radius 1 is 1.20 bits per heavy atom. The standard InChI is InChI=1S/C16H21N3O/c1-2-10-20-13(7-1)11-15-18-14-8-4-9-17-16(14)19(15)12-5-3-6-12/h4,8-9,12-13H,1-3,5-7,10-11H2. The van der Waals surface area contributed by atoms with Gasteiger partial charge in [-0.1, -0.05) is 0 Å². The van der Waals surface area contributed by atoms with Crippen molar-refractivity contribution in [1.82, 2.24) is 14.5 Å². The lowest BCUT2D eigenvalue weighted by Crippen LogP contribution is -2.26. The molecule has 1 atom stereocenters. The maximum absolute atomic E-state index is 5.89. The topological polar surface area (TPSA) is 39.9 Å². The third kappa shape index (κ3) is 2.12. The molecule has 2 aromatic heterocycles. The minimum absolute atomic E-state index is 0.347. The van der Waals surface area contributed by atoms with E-state index in [1.54, 1.807) is 0 Å². The Bertz CT molecular complexity index is 597. The van der Waals surface area contributed by atoms with Crippen LogP contribution in [-0.2, 0) is 11.2 Å². The Morgan fingerprint density at radius 2 is 2.15 bits per heavy atom. The van der Waals surface area contributed by atoms with Crippen molar-refractivity contribution in [1.29, 1.82) is 0 Å².